The highest BCUT2D eigenvalue weighted by molar-refractivity contribution is 5.64. The average molecular weight is 264 g/mol. The fourth-order valence-electron chi connectivity index (χ4n) is 4.93. The molecule has 1 aliphatic heterocycles. The van der Waals surface area contributed by atoms with Gasteiger partial charge in [-0.25, -0.2) is 4.79 Å². The first kappa shape index (κ1) is 13.0. The van der Waals surface area contributed by atoms with Crippen LogP contribution in [0.3, 0.4) is 0 Å². The van der Waals surface area contributed by atoms with E-state index in [0.717, 1.165) is 12.8 Å². The van der Waals surface area contributed by atoms with Crippen LogP contribution in [0.5, 0.6) is 0 Å². The second-order valence-corrected chi connectivity index (χ2v) is 7.40. The number of allylic oxidation sites excluding steroid dienone is 1. The fraction of sp³-hybridized carbons (Fsp3) is 0.812. The summed E-state index contributed by atoms with van der Waals surface area (Å²) in [6.45, 7) is 9.49. The summed E-state index contributed by atoms with van der Waals surface area (Å²) in [4.78, 5) is 11.6. The predicted molar refractivity (Wildman–Crippen MR) is 72.8 cm³/mol. The van der Waals surface area contributed by atoms with Crippen LogP contribution in [-0.4, -0.2) is 18.4 Å². The Hall–Kier alpha value is -0.990. The highest BCUT2D eigenvalue weighted by Gasteiger charge is 2.64. The number of fused-ring (bicyclic) bond motifs is 2. The van der Waals surface area contributed by atoms with E-state index in [9.17, 15) is 4.79 Å². The van der Waals surface area contributed by atoms with Gasteiger partial charge >= 0.3 is 6.16 Å². The van der Waals surface area contributed by atoms with Gasteiger partial charge in [0.25, 0.3) is 0 Å². The number of hydrogen-bond donors (Lipinski definition) is 0. The Morgan fingerprint density at radius 2 is 2.00 bits per heavy atom. The van der Waals surface area contributed by atoms with Crippen LogP contribution in [0.25, 0.3) is 0 Å². The van der Waals surface area contributed by atoms with Crippen LogP contribution < -0.4 is 0 Å². The number of ether oxygens (including phenoxy) is 2. The van der Waals surface area contributed by atoms with Crippen LogP contribution in [0, 0.1) is 16.7 Å². The van der Waals surface area contributed by atoms with Crippen LogP contribution in [0.4, 0.5) is 4.79 Å². The summed E-state index contributed by atoms with van der Waals surface area (Å²) in [5.41, 5.74) is 0.950. The molecular formula is C16H24O3. The lowest BCUT2D eigenvalue weighted by atomic mass is 9.47. The first-order valence-corrected chi connectivity index (χ1v) is 7.35. The summed E-state index contributed by atoms with van der Waals surface area (Å²) < 4.78 is 10.9. The standard InChI is InChI=1S/C16H24O3/c1-11-6-7-12-14(2,3)8-5-9-15(12,4)16(11)10-18-13(17)19-16/h6,12H,5,7-10H2,1-4H3/t12-,15-,16+/m0/s1. The van der Waals surface area contributed by atoms with Crippen molar-refractivity contribution in [3.63, 3.8) is 0 Å². The van der Waals surface area contributed by atoms with E-state index in [2.05, 4.69) is 33.8 Å². The van der Waals surface area contributed by atoms with Gasteiger partial charge in [-0.1, -0.05) is 33.3 Å². The Balaban J connectivity index is 2.11. The largest absolute Gasteiger partial charge is 0.509 e. The molecule has 1 heterocycles. The van der Waals surface area contributed by atoms with Crippen molar-refractivity contribution in [1.29, 1.82) is 0 Å². The van der Waals surface area contributed by atoms with Crippen molar-refractivity contribution < 1.29 is 14.3 Å². The van der Waals surface area contributed by atoms with E-state index in [1.165, 1.54) is 18.4 Å². The molecule has 0 aromatic carbocycles. The van der Waals surface area contributed by atoms with Crippen LogP contribution in [0.2, 0.25) is 0 Å². The molecule has 1 spiro atoms. The lowest BCUT2D eigenvalue weighted by Crippen LogP contribution is -2.60. The van der Waals surface area contributed by atoms with Gasteiger partial charge < -0.3 is 9.47 Å². The topological polar surface area (TPSA) is 35.5 Å². The number of cyclic esters (lactones) is 1. The SMILES string of the molecule is CC1=CC[C@H]2C(C)(C)CCC[C@]2(C)[C@@]12COC(=O)O2. The Morgan fingerprint density at radius 1 is 1.26 bits per heavy atom. The summed E-state index contributed by atoms with van der Waals surface area (Å²) in [7, 11) is 0. The van der Waals surface area contributed by atoms with E-state index in [0.29, 0.717) is 17.9 Å². The van der Waals surface area contributed by atoms with E-state index >= 15 is 0 Å². The van der Waals surface area contributed by atoms with Gasteiger partial charge in [-0.2, -0.15) is 0 Å². The zero-order valence-electron chi connectivity index (χ0n) is 12.4. The number of carbonyl (C=O) groups excluding carboxylic acids is 1. The number of rotatable bonds is 0. The maximum Gasteiger partial charge on any atom is 0.509 e. The van der Waals surface area contributed by atoms with Crippen molar-refractivity contribution in [3.8, 4) is 0 Å². The van der Waals surface area contributed by atoms with Gasteiger partial charge in [0.05, 0.1) is 0 Å². The minimum atomic E-state index is -0.523. The molecule has 1 saturated carbocycles. The summed E-state index contributed by atoms with van der Waals surface area (Å²) in [6.07, 6.45) is 6.43. The first-order chi connectivity index (χ1) is 8.82. The molecule has 19 heavy (non-hydrogen) atoms. The second-order valence-electron chi connectivity index (χ2n) is 7.40. The molecule has 3 rings (SSSR count). The van der Waals surface area contributed by atoms with E-state index < -0.39 is 11.8 Å². The van der Waals surface area contributed by atoms with Crippen LogP contribution in [0.15, 0.2) is 11.6 Å². The van der Waals surface area contributed by atoms with E-state index in [4.69, 9.17) is 9.47 Å². The monoisotopic (exact) mass is 264 g/mol. The summed E-state index contributed by atoms with van der Waals surface area (Å²) in [5.74, 6) is 0.548. The predicted octanol–water partition coefficient (Wildman–Crippen LogP) is 4.07. The summed E-state index contributed by atoms with van der Waals surface area (Å²) >= 11 is 0. The lowest BCUT2D eigenvalue weighted by molar-refractivity contribution is -0.126. The fourth-order valence-corrected chi connectivity index (χ4v) is 4.93. The van der Waals surface area contributed by atoms with Crippen molar-refractivity contribution >= 4 is 6.16 Å². The molecule has 0 radical (unpaired) electrons. The number of hydrogen-bond acceptors (Lipinski definition) is 3. The minimum absolute atomic E-state index is 0.000255. The Kier molecular flexibility index (Phi) is 2.58. The van der Waals surface area contributed by atoms with Gasteiger partial charge in [-0.3, -0.25) is 0 Å². The van der Waals surface area contributed by atoms with Crippen LogP contribution in [-0.2, 0) is 9.47 Å². The summed E-state index contributed by atoms with van der Waals surface area (Å²) in [6, 6.07) is 0. The Bertz CT molecular complexity index is 451. The molecule has 3 atom stereocenters. The quantitative estimate of drug-likeness (QED) is 0.488. The number of carbonyl (C=O) groups is 1. The molecule has 3 aliphatic rings. The molecule has 1 saturated heterocycles. The lowest BCUT2D eigenvalue weighted by Gasteiger charge is -2.59. The molecule has 0 N–H and O–H groups in total. The highest BCUT2D eigenvalue weighted by atomic mass is 16.8. The van der Waals surface area contributed by atoms with Crippen LogP contribution in [0.1, 0.15) is 53.4 Å². The molecule has 0 aromatic heterocycles. The zero-order chi connectivity index (χ0) is 13.9. The molecule has 3 nitrogen and oxygen atoms in total. The van der Waals surface area contributed by atoms with Gasteiger partial charge in [0.2, 0.25) is 0 Å². The van der Waals surface area contributed by atoms with Crippen molar-refractivity contribution in [2.75, 3.05) is 6.61 Å². The molecule has 0 bridgehead atoms. The van der Waals surface area contributed by atoms with E-state index in [-0.39, 0.29) is 5.41 Å². The van der Waals surface area contributed by atoms with Gasteiger partial charge in [0, 0.05) is 5.41 Å². The van der Waals surface area contributed by atoms with E-state index in [1.807, 2.05) is 0 Å². The van der Waals surface area contributed by atoms with Crippen molar-refractivity contribution in [1.82, 2.24) is 0 Å². The zero-order valence-corrected chi connectivity index (χ0v) is 12.4. The minimum Gasteiger partial charge on any atom is -0.430 e. The van der Waals surface area contributed by atoms with Gasteiger partial charge in [0.1, 0.15) is 6.61 Å². The summed E-state index contributed by atoms with van der Waals surface area (Å²) in [5, 5.41) is 0. The van der Waals surface area contributed by atoms with Gasteiger partial charge in [0.15, 0.2) is 5.60 Å². The third-order valence-electron chi connectivity index (χ3n) is 6.10. The third kappa shape index (κ3) is 1.53. The highest BCUT2D eigenvalue weighted by Crippen LogP contribution is 2.63. The van der Waals surface area contributed by atoms with Crippen molar-refractivity contribution in [3.05, 3.63) is 11.6 Å². The Labute approximate surface area is 115 Å². The maximum atomic E-state index is 11.6. The second kappa shape index (κ2) is 3.77. The first-order valence-electron chi connectivity index (χ1n) is 7.35. The van der Waals surface area contributed by atoms with Crippen molar-refractivity contribution in [2.24, 2.45) is 16.7 Å². The molecular weight excluding hydrogens is 240 g/mol. The van der Waals surface area contributed by atoms with Crippen molar-refractivity contribution in [2.45, 2.75) is 59.0 Å². The smallest absolute Gasteiger partial charge is 0.430 e. The third-order valence-corrected chi connectivity index (χ3v) is 6.10. The van der Waals surface area contributed by atoms with Crippen LogP contribution >= 0.6 is 0 Å². The van der Waals surface area contributed by atoms with Gasteiger partial charge in [-0.05, 0) is 43.1 Å². The molecule has 3 heteroatoms. The average Bonchev–Trinajstić information content (AvgIpc) is 2.69. The maximum absolute atomic E-state index is 11.6. The molecule has 0 unspecified atom stereocenters. The molecule has 106 valence electrons. The molecule has 0 aromatic rings. The van der Waals surface area contributed by atoms with Gasteiger partial charge in [-0.15, -0.1) is 0 Å². The Morgan fingerprint density at radius 3 is 2.63 bits per heavy atom. The van der Waals surface area contributed by atoms with E-state index in [1.54, 1.807) is 0 Å². The molecule has 2 fully saturated rings. The molecule has 2 aliphatic carbocycles. The molecule has 0 amide bonds. The normalized spacial score (nSPS) is 44.3.